The number of aryl methyl sites for hydroxylation is 1. The zero-order chi connectivity index (χ0) is 28.7. The van der Waals surface area contributed by atoms with Crippen LogP contribution in [-0.2, 0) is 16.2 Å². The van der Waals surface area contributed by atoms with Crippen LogP contribution in [0.25, 0.3) is 16.6 Å². The summed E-state index contributed by atoms with van der Waals surface area (Å²) < 4.78 is 35.7. The van der Waals surface area contributed by atoms with Crippen molar-refractivity contribution in [2.75, 3.05) is 13.1 Å². The zero-order valence-electron chi connectivity index (χ0n) is 21.4. The minimum atomic E-state index is -0.834. The summed E-state index contributed by atoms with van der Waals surface area (Å²) in [5, 5.41) is 4.77. The van der Waals surface area contributed by atoms with Crippen molar-refractivity contribution in [3.63, 3.8) is 0 Å². The standard InChI is InChI=1S/C27H23ClF2N6O4/c1-14-6-22(36-10-17(30)9-32-36)18-4-3-5-23(26(18)33-14)40-13-20-19(7-16(29)8-21(20)28)15(2)34-12-25(38)35(27(34)39)11-24(31)37/h3-10,15H,11-13H2,1-2H3,(H2,31,37)/t15-/m0/s1. The summed E-state index contributed by atoms with van der Waals surface area (Å²) in [6.45, 7) is 2.41. The van der Waals surface area contributed by atoms with Crippen LogP contribution in [0.1, 0.15) is 29.8 Å². The van der Waals surface area contributed by atoms with E-state index in [4.69, 9.17) is 22.1 Å². The van der Waals surface area contributed by atoms with Crippen molar-refractivity contribution in [3.8, 4) is 11.4 Å². The number of hydrogen-bond donors (Lipinski definition) is 1. The molecule has 2 N–H and O–H groups in total. The first-order valence-electron chi connectivity index (χ1n) is 12.1. The normalized spacial score (nSPS) is 14.3. The number of nitrogens with zero attached hydrogens (tertiary/aromatic N) is 5. The van der Waals surface area contributed by atoms with Gasteiger partial charge in [0.1, 0.15) is 36.8 Å². The Labute approximate surface area is 231 Å². The van der Waals surface area contributed by atoms with Gasteiger partial charge < -0.3 is 15.4 Å². The molecule has 206 valence electrons. The first-order chi connectivity index (χ1) is 19.0. The van der Waals surface area contributed by atoms with Gasteiger partial charge >= 0.3 is 6.03 Å². The van der Waals surface area contributed by atoms with Gasteiger partial charge in [-0.25, -0.2) is 23.2 Å². The molecule has 0 radical (unpaired) electrons. The van der Waals surface area contributed by atoms with Crippen LogP contribution < -0.4 is 10.5 Å². The van der Waals surface area contributed by atoms with Gasteiger partial charge in [-0.3, -0.25) is 14.5 Å². The molecule has 4 amide bonds. The largest absolute Gasteiger partial charge is 0.487 e. The molecule has 2 aromatic carbocycles. The van der Waals surface area contributed by atoms with E-state index in [0.717, 1.165) is 17.2 Å². The number of amides is 4. The molecule has 0 saturated carbocycles. The van der Waals surface area contributed by atoms with Crippen molar-refractivity contribution in [1.29, 1.82) is 0 Å². The van der Waals surface area contributed by atoms with Crippen LogP contribution in [0.5, 0.6) is 5.75 Å². The maximum absolute atomic E-state index is 14.5. The molecule has 1 saturated heterocycles. The number of aromatic nitrogens is 3. The van der Waals surface area contributed by atoms with Crippen molar-refractivity contribution >= 4 is 40.3 Å². The van der Waals surface area contributed by atoms with Gasteiger partial charge in [-0.15, -0.1) is 0 Å². The van der Waals surface area contributed by atoms with Crippen molar-refractivity contribution < 1.29 is 27.9 Å². The highest BCUT2D eigenvalue weighted by molar-refractivity contribution is 6.31. The number of pyridine rings is 1. The molecule has 1 aliphatic heterocycles. The maximum atomic E-state index is 14.5. The molecule has 4 aromatic rings. The van der Waals surface area contributed by atoms with E-state index in [1.54, 1.807) is 38.1 Å². The highest BCUT2D eigenvalue weighted by Crippen LogP contribution is 2.35. The van der Waals surface area contributed by atoms with E-state index in [2.05, 4.69) is 10.1 Å². The molecule has 0 unspecified atom stereocenters. The summed E-state index contributed by atoms with van der Waals surface area (Å²) in [6, 6.07) is 7.85. The second kappa shape index (κ2) is 10.5. The van der Waals surface area contributed by atoms with Crippen LogP contribution in [0.4, 0.5) is 13.6 Å². The Morgan fingerprint density at radius 3 is 2.67 bits per heavy atom. The highest BCUT2D eigenvalue weighted by atomic mass is 35.5. The lowest BCUT2D eigenvalue weighted by Gasteiger charge is -2.26. The summed E-state index contributed by atoms with van der Waals surface area (Å²) >= 11 is 6.44. The first kappa shape index (κ1) is 27.0. The number of para-hydroxylation sites is 1. The average Bonchev–Trinajstić information content (AvgIpc) is 3.45. The molecule has 40 heavy (non-hydrogen) atoms. The monoisotopic (exact) mass is 568 g/mol. The zero-order valence-corrected chi connectivity index (χ0v) is 22.2. The van der Waals surface area contributed by atoms with E-state index < -0.39 is 42.1 Å². The molecule has 3 heterocycles. The van der Waals surface area contributed by atoms with Crippen LogP contribution >= 0.6 is 11.6 Å². The van der Waals surface area contributed by atoms with Gasteiger partial charge in [0.2, 0.25) is 5.91 Å². The van der Waals surface area contributed by atoms with E-state index in [0.29, 0.717) is 39.2 Å². The molecular weight excluding hydrogens is 546 g/mol. The lowest BCUT2D eigenvalue weighted by molar-refractivity contribution is -0.129. The molecule has 0 spiro atoms. The van der Waals surface area contributed by atoms with Gasteiger partial charge in [-0.2, -0.15) is 5.10 Å². The molecule has 5 rings (SSSR count). The predicted octanol–water partition coefficient (Wildman–Crippen LogP) is 4.05. The van der Waals surface area contributed by atoms with E-state index in [-0.39, 0.29) is 18.2 Å². The number of hydrogen-bond acceptors (Lipinski definition) is 6. The Balaban J connectivity index is 1.48. The van der Waals surface area contributed by atoms with Crippen molar-refractivity contribution in [2.45, 2.75) is 26.5 Å². The van der Waals surface area contributed by atoms with Gasteiger partial charge in [-0.05, 0) is 43.7 Å². The molecular formula is C27H23ClF2N6O4. The number of ether oxygens (including phenoxy) is 1. The summed E-state index contributed by atoms with van der Waals surface area (Å²) in [7, 11) is 0. The number of rotatable bonds is 8. The molecule has 2 aromatic heterocycles. The van der Waals surface area contributed by atoms with Gasteiger partial charge in [0, 0.05) is 16.6 Å². The van der Waals surface area contributed by atoms with Crippen LogP contribution in [-0.4, -0.2) is 55.5 Å². The third kappa shape index (κ3) is 5.05. The number of fused-ring (bicyclic) bond motifs is 1. The highest BCUT2D eigenvalue weighted by Gasteiger charge is 2.40. The average molecular weight is 569 g/mol. The molecule has 0 aliphatic carbocycles. The van der Waals surface area contributed by atoms with Crippen LogP contribution in [0, 0.1) is 18.6 Å². The third-order valence-corrected chi connectivity index (χ3v) is 6.93. The van der Waals surface area contributed by atoms with Gasteiger partial charge in [0.25, 0.3) is 5.91 Å². The number of benzene rings is 2. The number of imide groups is 1. The number of urea groups is 1. The second-order valence-corrected chi connectivity index (χ2v) is 9.72. The maximum Gasteiger partial charge on any atom is 0.328 e. The molecule has 1 fully saturated rings. The van der Waals surface area contributed by atoms with Gasteiger partial charge in [-0.1, -0.05) is 23.7 Å². The van der Waals surface area contributed by atoms with Gasteiger partial charge in [0.05, 0.1) is 29.1 Å². The Kier molecular flexibility index (Phi) is 7.11. The Bertz CT molecular complexity index is 1680. The minimum absolute atomic E-state index is 0.0610. The molecule has 13 heteroatoms. The van der Waals surface area contributed by atoms with Gasteiger partial charge in [0.15, 0.2) is 5.82 Å². The fourth-order valence-corrected chi connectivity index (χ4v) is 4.98. The number of halogens is 3. The molecule has 1 atom stereocenters. The number of nitrogens with two attached hydrogens (primary N) is 1. The van der Waals surface area contributed by atoms with Crippen molar-refractivity contribution in [3.05, 3.63) is 82.3 Å². The van der Waals surface area contributed by atoms with Crippen LogP contribution in [0.2, 0.25) is 5.02 Å². The SMILES string of the molecule is Cc1cc(-n2cc(F)cn2)c2cccc(OCc3c(Cl)cc(F)cc3[C@H](C)N3CC(=O)N(CC(N)=O)C3=O)c2n1. The lowest BCUT2D eigenvalue weighted by atomic mass is 10.0. The van der Waals surface area contributed by atoms with Crippen LogP contribution in [0.3, 0.4) is 0 Å². The number of carbonyl (C=O) groups excluding carboxylic acids is 3. The molecule has 0 bridgehead atoms. The second-order valence-electron chi connectivity index (χ2n) is 9.31. The van der Waals surface area contributed by atoms with Crippen molar-refractivity contribution in [2.24, 2.45) is 5.73 Å². The van der Waals surface area contributed by atoms with E-state index in [1.807, 2.05) is 0 Å². The quantitative estimate of drug-likeness (QED) is 0.320. The summed E-state index contributed by atoms with van der Waals surface area (Å²) in [6.07, 6.45) is 2.36. The fourth-order valence-electron chi connectivity index (χ4n) is 4.71. The minimum Gasteiger partial charge on any atom is -0.487 e. The molecule has 1 aliphatic rings. The molecule has 10 nitrogen and oxygen atoms in total. The predicted molar refractivity (Wildman–Crippen MR) is 141 cm³/mol. The third-order valence-electron chi connectivity index (χ3n) is 6.59. The first-order valence-corrected chi connectivity index (χ1v) is 12.5. The Morgan fingerprint density at radius 2 is 1.98 bits per heavy atom. The van der Waals surface area contributed by atoms with Crippen LogP contribution in [0.15, 0.2) is 48.8 Å². The Hall–Kier alpha value is -4.58. The van der Waals surface area contributed by atoms with E-state index >= 15 is 0 Å². The van der Waals surface area contributed by atoms with E-state index in [9.17, 15) is 23.2 Å². The smallest absolute Gasteiger partial charge is 0.328 e. The number of primary amides is 1. The number of carbonyl (C=O) groups is 3. The fraction of sp³-hybridized carbons (Fsp3) is 0.222. The van der Waals surface area contributed by atoms with Crippen molar-refractivity contribution in [1.82, 2.24) is 24.6 Å². The lowest BCUT2D eigenvalue weighted by Crippen LogP contribution is -2.40. The summed E-state index contributed by atoms with van der Waals surface area (Å²) in [4.78, 5) is 43.1. The topological polar surface area (TPSA) is 124 Å². The van der Waals surface area contributed by atoms with E-state index in [1.165, 1.54) is 21.8 Å². The summed E-state index contributed by atoms with van der Waals surface area (Å²) in [5.41, 5.74) is 7.61. The summed E-state index contributed by atoms with van der Waals surface area (Å²) in [5.74, 6) is -2.17. The Morgan fingerprint density at radius 1 is 1.20 bits per heavy atom.